The Morgan fingerprint density at radius 2 is 2.47 bits per heavy atom. The fourth-order valence-electron chi connectivity index (χ4n) is 1.39. The fourth-order valence-corrected chi connectivity index (χ4v) is 1.39. The lowest BCUT2D eigenvalue weighted by Crippen LogP contribution is -2.46. The van der Waals surface area contributed by atoms with E-state index in [1.807, 2.05) is 19.9 Å². The Labute approximate surface area is 89.6 Å². The van der Waals surface area contributed by atoms with Gasteiger partial charge in [0.05, 0.1) is 37.8 Å². The summed E-state index contributed by atoms with van der Waals surface area (Å²) in [7, 11) is 0. The number of carbonyl (C=O) groups is 1. The summed E-state index contributed by atoms with van der Waals surface area (Å²) in [5, 5.41) is 8.52. The second-order valence-corrected chi connectivity index (χ2v) is 3.73. The van der Waals surface area contributed by atoms with Crippen LogP contribution in [0.2, 0.25) is 0 Å². The fraction of sp³-hybridized carbons (Fsp3) is 0.800. The van der Waals surface area contributed by atoms with Gasteiger partial charge < -0.3 is 14.4 Å². The summed E-state index contributed by atoms with van der Waals surface area (Å²) < 4.78 is 10.4. The number of nitriles is 1. The second-order valence-electron chi connectivity index (χ2n) is 3.73. The lowest BCUT2D eigenvalue weighted by Gasteiger charge is -2.31. The van der Waals surface area contributed by atoms with Crippen molar-refractivity contribution >= 4 is 6.09 Å². The molecule has 0 saturated carbocycles. The molecule has 0 aliphatic carbocycles. The van der Waals surface area contributed by atoms with Crippen LogP contribution in [0.1, 0.15) is 20.3 Å². The van der Waals surface area contributed by atoms with Crippen LogP contribution in [0.3, 0.4) is 0 Å². The molecule has 5 nitrogen and oxygen atoms in total. The molecule has 5 heteroatoms. The van der Waals surface area contributed by atoms with E-state index in [9.17, 15) is 4.79 Å². The maximum Gasteiger partial charge on any atom is 0.410 e. The van der Waals surface area contributed by atoms with Gasteiger partial charge in [0.25, 0.3) is 0 Å². The monoisotopic (exact) mass is 212 g/mol. The maximum atomic E-state index is 11.5. The van der Waals surface area contributed by atoms with Crippen LogP contribution in [-0.2, 0) is 9.47 Å². The van der Waals surface area contributed by atoms with Crippen molar-refractivity contribution in [3.05, 3.63) is 0 Å². The predicted molar refractivity (Wildman–Crippen MR) is 53.2 cm³/mol. The normalized spacial score (nSPS) is 21.2. The Bertz CT molecular complexity index is 260. The van der Waals surface area contributed by atoms with Crippen LogP contribution in [0.5, 0.6) is 0 Å². The minimum Gasteiger partial charge on any atom is -0.447 e. The average molecular weight is 212 g/mol. The maximum absolute atomic E-state index is 11.5. The molecule has 1 unspecified atom stereocenters. The van der Waals surface area contributed by atoms with Crippen molar-refractivity contribution in [2.75, 3.05) is 19.7 Å². The Hall–Kier alpha value is -1.28. The highest BCUT2D eigenvalue weighted by Gasteiger charge is 2.25. The zero-order valence-electron chi connectivity index (χ0n) is 9.10. The Kier molecular flexibility index (Phi) is 4.37. The molecule has 1 aliphatic heterocycles. The van der Waals surface area contributed by atoms with Crippen LogP contribution in [0.25, 0.3) is 0 Å². The van der Waals surface area contributed by atoms with Gasteiger partial charge in [-0.05, 0) is 13.8 Å². The van der Waals surface area contributed by atoms with Crippen molar-refractivity contribution in [2.45, 2.75) is 32.5 Å². The quantitative estimate of drug-likeness (QED) is 0.688. The number of hydrogen-bond acceptors (Lipinski definition) is 4. The van der Waals surface area contributed by atoms with Gasteiger partial charge >= 0.3 is 6.09 Å². The van der Waals surface area contributed by atoms with Crippen molar-refractivity contribution in [3.8, 4) is 6.07 Å². The summed E-state index contributed by atoms with van der Waals surface area (Å²) in [6.07, 6.45) is -0.305. The van der Waals surface area contributed by atoms with Crippen molar-refractivity contribution in [1.29, 1.82) is 5.26 Å². The second kappa shape index (κ2) is 5.56. The van der Waals surface area contributed by atoms with Gasteiger partial charge in [0.15, 0.2) is 0 Å². The molecule has 0 aromatic carbocycles. The number of hydrogen-bond donors (Lipinski definition) is 0. The summed E-state index contributed by atoms with van der Waals surface area (Å²) in [4.78, 5) is 13.1. The molecule has 84 valence electrons. The molecule has 1 fully saturated rings. The lowest BCUT2D eigenvalue weighted by molar-refractivity contribution is -0.0286. The molecule has 1 rings (SSSR count). The molecule has 15 heavy (non-hydrogen) atoms. The summed E-state index contributed by atoms with van der Waals surface area (Å²) in [6, 6.07) is 2.03. The standard InChI is InChI=1S/C10H16N2O3/c1-8(2)15-10(13)12-5-6-14-9(7-12)3-4-11/h8-9H,3,5-7H2,1-2H3. The van der Waals surface area contributed by atoms with E-state index in [0.717, 1.165) is 0 Å². The third kappa shape index (κ3) is 3.76. The van der Waals surface area contributed by atoms with E-state index in [1.165, 1.54) is 0 Å². The van der Waals surface area contributed by atoms with E-state index in [-0.39, 0.29) is 18.3 Å². The molecule has 0 aromatic heterocycles. The number of nitrogens with zero attached hydrogens (tertiary/aromatic N) is 2. The molecule has 1 saturated heterocycles. The number of rotatable bonds is 2. The van der Waals surface area contributed by atoms with E-state index >= 15 is 0 Å². The Morgan fingerprint density at radius 1 is 1.73 bits per heavy atom. The highest BCUT2D eigenvalue weighted by Crippen LogP contribution is 2.10. The van der Waals surface area contributed by atoms with Crippen LogP contribution in [0.4, 0.5) is 4.79 Å². The summed E-state index contributed by atoms with van der Waals surface area (Å²) in [6.45, 7) is 5.07. The third-order valence-corrected chi connectivity index (χ3v) is 2.05. The molecule has 1 atom stereocenters. The van der Waals surface area contributed by atoms with Crippen molar-refractivity contribution in [2.24, 2.45) is 0 Å². The first kappa shape index (κ1) is 11.8. The minimum absolute atomic E-state index is 0.116. The molecule has 0 aromatic rings. The molecule has 0 bridgehead atoms. The number of carbonyl (C=O) groups excluding carboxylic acids is 1. The highest BCUT2D eigenvalue weighted by molar-refractivity contribution is 5.67. The molecular weight excluding hydrogens is 196 g/mol. The van der Waals surface area contributed by atoms with Crippen molar-refractivity contribution < 1.29 is 14.3 Å². The topological polar surface area (TPSA) is 62.6 Å². The first-order valence-corrected chi connectivity index (χ1v) is 5.07. The third-order valence-electron chi connectivity index (χ3n) is 2.05. The van der Waals surface area contributed by atoms with Crippen LogP contribution in [-0.4, -0.2) is 42.9 Å². The summed E-state index contributed by atoms with van der Waals surface area (Å²) in [5.41, 5.74) is 0. The lowest BCUT2D eigenvalue weighted by atomic mass is 10.2. The minimum atomic E-state index is -0.323. The van der Waals surface area contributed by atoms with Crippen LogP contribution < -0.4 is 0 Å². The summed E-state index contributed by atoms with van der Waals surface area (Å²) in [5.74, 6) is 0. The zero-order chi connectivity index (χ0) is 11.3. The van der Waals surface area contributed by atoms with Gasteiger partial charge in [-0.3, -0.25) is 0 Å². The SMILES string of the molecule is CC(C)OC(=O)N1CCOC(CC#N)C1. The van der Waals surface area contributed by atoms with E-state index in [2.05, 4.69) is 0 Å². The van der Waals surface area contributed by atoms with Crippen LogP contribution >= 0.6 is 0 Å². The van der Waals surface area contributed by atoms with E-state index in [1.54, 1.807) is 4.90 Å². The van der Waals surface area contributed by atoms with E-state index in [4.69, 9.17) is 14.7 Å². The number of amides is 1. The average Bonchev–Trinajstić information content (AvgIpc) is 2.17. The molecular formula is C10H16N2O3. The molecule has 1 heterocycles. The van der Waals surface area contributed by atoms with Crippen LogP contribution in [0.15, 0.2) is 0 Å². The van der Waals surface area contributed by atoms with Gasteiger partial charge in [0.1, 0.15) is 0 Å². The predicted octanol–water partition coefficient (Wildman–Crippen LogP) is 1.15. The molecule has 1 amide bonds. The van der Waals surface area contributed by atoms with Gasteiger partial charge in [0, 0.05) is 6.54 Å². The molecule has 1 aliphatic rings. The zero-order valence-corrected chi connectivity index (χ0v) is 9.10. The van der Waals surface area contributed by atoms with Gasteiger partial charge in [-0.15, -0.1) is 0 Å². The largest absolute Gasteiger partial charge is 0.447 e. The molecule has 0 N–H and O–H groups in total. The molecule has 0 radical (unpaired) electrons. The number of morpholine rings is 1. The van der Waals surface area contributed by atoms with Gasteiger partial charge in [0.2, 0.25) is 0 Å². The van der Waals surface area contributed by atoms with Crippen LogP contribution in [0, 0.1) is 11.3 Å². The van der Waals surface area contributed by atoms with Crippen molar-refractivity contribution in [3.63, 3.8) is 0 Å². The Balaban J connectivity index is 2.42. The molecule has 0 spiro atoms. The first-order valence-electron chi connectivity index (χ1n) is 5.07. The smallest absolute Gasteiger partial charge is 0.410 e. The van der Waals surface area contributed by atoms with Gasteiger partial charge in [-0.1, -0.05) is 0 Å². The van der Waals surface area contributed by atoms with Gasteiger partial charge in [-0.25, -0.2) is 4.79 Å². The van der Waals surface area contributed by atoms with E-state index < -0.39 is 0 Å². The van der Waals surface area contributed by atoms with Crippen molar-refractivity contribution in [1.82, 2.24) is 4.90 Å². The highest BCUT2D eigenvalue weighted by atomic mass is 16.6. The van der Waals surface area contributed by atoms with E-state index in [0.29, 0.717) is 26.1 Å². The first-order chi connectivity index (χ1) is 7.13. The summed E-state index contributed by atoms with van der Waals surface area (Å²) >= 11 is 0. The Morgan fingerprint density at radius 3 is 3.07 bits per heavy atom. The number of ether oxygens (including phenoxy) is 2. The van der Waals surface area contributed by atoms with Gasteiger partial charge in [-0.2, -0.15) is 5.26 Å².